The standard InChI is InChI=1S/C82H64N2O18S4/c1-39(2)49-11-9-12-50(40(3)4)77(49)83-79(85)57-29-25-53-63-37-67(101-65-33-23-47(105(95,96)97)35-61(65)43-15-19-45(20-16-43)103(89,90)91)74-55-27-31-59-72-60(82(88)84(81(59)87)78-51(41(5)6)13-10-14-52(78)42(7)8)32-28-56(70(55)72)75-68(38-64(73(63)76(74)75)54-26-30-58(80(83)86)71(57)69(53)54)102-66-34-24-48(106(98,99)100)36-62(66)44-17-21-46(22-18-44)104(92,93)94/h9-42,79,85H,1-8H3,(H,89,90,91)(H,92,93,94)(H,95,96,97)(H,98,99,100). The molecule has 16 rings (SSSR count). The van der Waals surface area contributed by atoms with Crippen LogP contribution in [-0.4, -0.2) is 74.7 Å². The number of carbonyl (C=O) groups is 3. The van der Waals surface area contributed by atoms with E-state index in [4.69, 9.17) is 9.47 Å². The molecule has 2 aliphatic rings. The molecule has 2 heterocycles. The molecule has 20 nitrogen and oxygen atoms in total. The average Bonchev–Trinajstić information content (AvgIpc) is 0.671. The van der Waals surface area contributed by atoms with Crippen molar-refractivity contribution in [2.45, 2.75) is 105 Å². The van der Waals surface area contributed by atoms with Gasteiger partial charge in [-0.2, -0.15) is 33.7 Å². The minimum atomic E-state index is -4.96. The predicted octanol–water partition coefficient (Wildman–Crippen LogP) is 18.5. The number of para-hydroxylation sites is 2. The summed E-state index contributed by atoms with van der Waals surface area (Å²) in [5.41, 5.74) is 5.47. The van der Waals surface area contributed by atoms with Crippen LogP contribution in [0.1, 0.15) is 144 Å². The van der Waals surface area contributed by atoms with Gasteiger partial charge >= 0.3 is 0 Å². The van der Waals surface area contributed by atoms with Gasteiger partial charge in [-0.15, -0.1) is 0 Å². The smallest absolute Gasteiger partial charge is 0.294 e. The zero-order valence-electron chi connectivity index (χ0n) is 57.8. The van der Waals surface area contributed by atoms with Crippen LogP contribution in [0.2, 0.25) is 0 Å². The molecule has 1 unspecified atom stereocenters. The summed E-state index contributed by atoms with van der Waals surface area (Å²) in [5.74, 6) is -2.25. The molecule has 24 heteroatoms. The number of benzene rings is 14. The van der Waals surface area contributed by atoms with Gasteiger partial charge in [-0.25, -0.2) is 4.90 Å². The third kappa shape index (κ3) is 10.8. The molecule has 14 aromatic rings. The summed E-state index contributed by atoms with van der Waals surface area (Å²) < 4.78 is 158. The monoisotopic (exact) mass is 1490 g/mol. The molecule has 2 aliphatic heterocycles. The van der Waals surface area contributed by atoms with E-state index in [0.717, 1.165) is 70.8 Å². The number of carbonyl (C=O) groups excluding carboxylic acids is 3. The zero-order valence-corrected chi connectivity index (χ0v) is 61.0. The van der Waals surface area contributed by atoms with Crippen molar-refractivity contribution in [1.29, 1.82) is 0 Å². The number of nitrogens with zero attached hydrogens (tertiary/aromatic N) is 2. The van der Waals surface area contributed by atoms with Crippen LogP contribution in [0.5, 0.6) is 23.0 Å². The summed E-state index contributed by atoms with van der Waals surface area (Å²) >= 11 is 0. The second kappa shape index (κ2) is 24.4. The highest BCUT2D eigenvalue weighted by atomic mass is 32.2. The van der Waals surface area contributed by atoms with Gasteiger partial charge in [0.15, 0.2) is 6.23 Å². The van der Waals surface area contributed by atoms with Crippen molar-refractivity contribution in [2.24, 2.45) is 0 Å². The SMILES string of the molecule is CC(C)c1cccc(C(C)C)c1N1C(=O)c2ccc3c4c(Oc5ccc(S(=O)(=O)O)cc5-c5ccc(S(=O)(=O)O)cc5)cc5c6ccc7c8c(ccc(c9cc(Oc%10ccc(S(=O)(=O)O)cc%10-c%10ccc(S(=O)(=O)O)cc%10)c(c%10ccc(c2c3%10)C1=O)c4c59)c86)C(O)N(c1c(C(C)C)cccc1C(C)C)C7=O. The Morgan fingerprint density at radius 2 is 0.670 bits per heavy atom. The highest BCUT2D eigenvalue weighted by Crippen LogP contribution is 2.58. The first-order valence-corrected chi connectivity index (χ1v) is 39.7. The molecule has 0 radical (unpaired) electrons. The van der Waals surface area contributed by atoms with E-state index in [0.29, 0.717) is 87.0 Å². The number of aliphatic hydroxyl groups is 1. The molecule has 0 bridgehead atoms. The van der Waals surface area contributed by atoms with Crippen molar-refractivity contribution < 1.29 is 80.8 Å². The molecular weight excluding hydrogens is 1430 g/mol. The molecule has 0 fully saturated rings. The Morgan fingerprint density at radius 3 is 1.07 bits per heavy atom. The van der Waals surface area contributed by atoms with Gasteiger partial charge in [-0.05, 0) is 197 Å². The zero-order chi connectivity index (χ0) is 75.2. The lowest BCUT2D eigenvalue weighted by Gasteiger charge is -2.38. The molecule has 1 atom stereocenters. The van der Waals surface area contributed by atoms with Crippen LogP contribution in [0, 0.1) is 0 Å². The van der Waals surface area contributed by atoms with Gasteiger partial charge in [0.05, 0.1) is 31.0 Å². The quantitative estimate of drug-likeness (QED) is 0.0260. The number of rotatable bonds is 16. The molecule has 14 aromatic carbocycles. The van der Waals surface area contributed by atoms with E-state index in [1.807, 2.05) is 104 Å². The second-order valence-electron chi connectivity index (χ2n) is 28.2. The first kappa shape index (κ1) is 69.6. The van der Waals surface area contributed by atoms with Gasteiger partial charge in [-0.1, -0.05) is 146 Å². The Labute approximate surface area is 608 Å². The molecular formula is C82H64N2O18S4. The number of hydrogen-bond donors (Lipinski definition) is 5. The summed E-state index contributed by atoms with van der Waals surface area (Å²) in [6.07, 6.45) is -1.53. The highest BCUT2D eigenvalue weighted by molar-refractivity contribution is 7.86. The van der Waals surface area contributed by atoms with Gasteiger partial charge in [0.2, 0.25) is 0 Å². The van der Waals surface area contributed by atoms with Crippen molar-refractivity contribution in [3.05, 3.63) is 226 Å². The first-order chi connectivity index (χ1) is 50.1. The maximum Gasteiger partial charge on any atom is 0.294 e. The maximum absolute atomic E-state index is 15.9. The van der Waals surface area contributed by atoms with E-state index < -0.39 is 84.0 Å². The summed E-state index contributed by atoms with van der Waals surface area (Å²) in [6, 6.07) is 45.6. The summed E-state index contributed by atoms with van der Waals surface area (Å²) in [5, 5.41) is 19.0. The van der Waals surface area contributed by atoms with Gasteiger partial charge in [-0.3, -0.25) is 37.5 Å². The number of amides is 3. The third-order valence-corrected chi connectivity index (χ3v) is 24.1. The summed E-state index contributed by atoms with van der Waals surface area (Å²) in [6.45, 7) is 16.0. The van der Waals surface area contributed by atoms with Gasteiger partial charge < -0.3 is 14.6 Å². The van der Waals surface area contributed by atoms with Gasteiger partial charge in [0, 0.05) is 60.3 Å². The molecule has 0 spiro atoms. The fourth-order valence-electron chi connectivity index (χ4n) is 15.9. The third-order valence-electron chi connectivity index (χ3n) is 20.7. The average molecular weight is 1490 g/mol. The van der Waals surface area contributed by atoms with E-state index in [1.165, 1.54) is 46.2 Å². The maximum atomic E-state index is 15.9. The van der Waals surface area contributed by atoms with Crippen molar-refractivity contribution >= 4 is 145 Å². The normalized spacial score (nSPS) is 14.7. The van der Waals surface area contributed by atoms with Crippen LogP contribution in [0.4, 0.5) is 11.4 Å². The molecule has 3 amide bonds. The molecule has 0 aromatic heterocycles. The van der Waals surface area contributed by atoms with E-state index >= 15 is 14.4 Å². The van der Waals surface area contributed by atoms with E-state index in [9.17, 15) is 57.0 Å². The van der Waals surface area contributed by atoms with E-state index in [-0.39, 0.29) is 91.0 Å². The lowest BCUT2D eigenvalue weighted by molar-refractivity contribution is 0.0870. The summed E-state index contributed by atoms with van der Waals surface area (Å²) in [7, 11) is -19.4. The van der Waals surface area contributed by atoms with Crippen LogP contribution in [0.15, 0.2) is 202 Å². The molecule has 0 saturated carbocycles. The molecule has 534 valence electrons. The Bertz CT molecular complexity index is 6400. The fourth-order valence-corrected chi connectivity index (χ4v) is 17.8. The number of hydrogen-bond acceptors (Lipinski definition) is 14. The van der Waals surface area contributed by atoms with Crippen molar-refractivity contribution in [3.8, 4) is 45.3 Å². The van der Waals surface area contributed by atoms with Crippen LogP contribution >= 0.6 is 0 Å². The second-order valence-corrected chi connectivity index (χ2v) is 33.9. The lowest BCUT2D eigenvalue weighted by Crippen LogP contribution is -2.41. The number of fused-ring (bicyclic) bond motifs is 4. The van der Waals surface area contributed by atoms with Crippen LogP contribution < -0.4 is 19.3 Å². The predicted molar refractivity (Wildman–Crippen MR) is 407 cm³/mol. The van der Waals surface area contributed by atoms with Crippen LogP contribution in [0.25, 0.3) is 97.7 Å². The first-order valence-electron chi connectivity index (χ1n) is 33.9. The summed E-state index contributed by atoms with van der Waals surface area (Å²) in [4.78, 5) is 48.0. The number of aliphatic hydroxyl groups excluding tert-OH is 1. The largest absolute Gasteiger partial charge is 0.456 e. The molecule has 106 heavy (non-hydrogen) atoms. The van der Waals surface area contributed by atoms with E-state index in [2.05, 4.69) is 0 Å². The van der Waals surface area contributed by atoms with Gasteiger partial charge in [0.1, 0.15) is 23.0 Å². The Balaban J connectivity index is 1.06. The number of imide groups is 1. The van der Waals surface area contributed by atoms with Crippen LogP contribution in [0.3, 0.4) is 0 Å². The Morgan fingerprint density at radius 1 is 0.321 bits per heavy atom. The lowest BCUT2D eigenvalue weighted by atomic mass is 9.79. The van der Waals surface area contributed by atoms with Crippen molar-refractivity contribution in [3.63, 3.8) is 0 Å². The minimum Gasteiger partial charge on any atom is -0.456 e. The van der Waals surface area contributed by atoms with Gasteiger partial charge in [0.25, 0.3) is 58.2 Å². The Kier molecular flexibility index (Phi) is 16.0. The molecule has 5 N–H and O–H groups in total. The van der Waals surface area contributed by atoms with Crippen molar-refractivity contribution in [1.82, 2.24) is 0 Å². The van der Waals surface area contributed by atoms with Crippen molar-refractivity contribution in [2.75, 3.05) is 9.80 Å². The topological polar surface area (TPSA) is 314 Å². The molecule has 0 aliphatic carbocycles. The number of ether oxygens (including phenoxy) is 2. The fraction of sp³-hybridized carbons (Fsp3) is 0.159. The Hall–Kier alpha value is -10.8. The molecule has 0 saturated heterocycles. The minimum absolute atomic E-state index is 0.00541. The van der Waals surface area contributed by atoms with Crippen LogP contribution in [-0.2, 0) is 40.5 Å². The highest BCUT2D eigenvalue weighted by Gasteiger charge is 2.42. The van der Waals surface area contributed by atoms with E-state index in [1.54, 1.807) is 48.5 Å². The number of anilines is 2.